The van der Waals surface area contributed by atoms with E-state index in [0.29, 0.717) is 37.6 Å². The highest BCUT2D eigenvalue weighted by Gasteiger charge is 2.18. The number of esters is 2. The average Bonchev–Trinajstić information content (AvgIpc) is 3.33. The Balaban J connectivity index is 0.000000213. The molecule has 0 unspecified atom stereocenters. The van der Waals surface area contributed by atoms with Crippen molar-refractivity contribution in [2.45, 2.75) is 66.5 Å². The third kappa shape index (κ3) is 15.3. The molecule has 21 nitrogen and oxygen atoms in total. The Hall–Kier alpha value is -7.95. The standard InChI is InChI=1S/C22H22ClFN4O5.C14H14ClN3O4.C11H10ClN3O2/c1-13(2)33-18-9-8-16(10-17(18)24)25-20-26-21(30)28(12-19(29)32-3)22(31)27(20)11-14-4-6-15(23)7-5-14;1-9-16-13(20)18(8-12(19)22-2)14(21)17(9)7-10-3-5-11(15)6-4-10;1-7-13-10(16)14-11(17)15(7)6-8-2-4-9(12)5-3-8/h4-10,13H,11-12H2,1-3H3,(H,25,26,30);3-6H,7-8H2,1-2H3;2-5H,6H2,1H3,(H,14,16,17). The van der Waals surface area contributed by atoms with Gasteiger partial charge < -0.3 is 19.5 Å². The van der Waals surface area contributed by atoms with E-state index in [-0.39, 0.29) is 42.4 Å². The number of anilines is 2. The SMILES string of the molecule is COC(=O)Cn1c(=O)nc(C)n(Cc2ccc(Cl)cc2)c1=O.COC(=O)Cn1c(=O)nc(Nc2ccc(OC(C)C)c(F)c2)n(Cc2ccc(Cl)cc2)c1=O.Cc1nc(=O)[nH]c(=O)n1Cc1ccc(Cl)cc1. The Morgan fingerprint density at radius 3 is 1.49 bits per heavy atom. The summed E-state index contributed by atoms with van der Waals surface area (Å²) in [6.07, 6.45) is -0.216. The van der Waals surface area contributed by atoms with Crippen molar-refractivity contribution in [1.29, 1.82) is 0 Å². The van der Waals surface area contributed by atoms with Gasteiger partial charge in [-0.2, -0.15) is 15.0 Å². The number of hydrogen-bond acceptors (Lipinski definition) is 15. The number of rotatable bonds is 14. The first-order chi connectivity index (χ1) is 34.1. The molecule has 0 fully saturated rings. The summed E-state index contributed by atoms with van der Waals surface area (Å²) < 4.78 is 34.1. The predicted molar refractivity (Wildman–Crippen MR) is 265 cm³/mol. The van der Waals surface area contributed by atoms with Crippen LogP contribution in [0.4, 0.5) is 16.0 Å². The maximum atomic E-state index is 14.4. The first-order valence-electron chi connectivity index (χ1n) is 21.3. The summed E-state index contributed by atoms with van der Waals surface area (Å²) in [7, 11) is 2.32. The Morgan fingerprint density at radius 1 is 0.611 bits per heavy atom. The minimum Gasteiger partial charge on any atom is -0.488 e. The van der Waals surface area contributed by atoms with Crippen molar-refractivity contribution in [3.63, 3.8) is 0 Å². The van der Waals surface area contributed by atoms with E-state index in [1.807, 2.05) is 12.1 Å². The molecule has 0 radical (unpaired) electrons. The molecule has 72 heavy (non-hydrogen) atoms. The molecule has 0 bridgehead atoms. The highest BCUT2D eigenvalue weighted by atomic mass is 35.5. The fourth-order valence-corrected chi connectivity index (χ4v) is 6.71. The number of nitrogens with zero attached hydrogens (tertiary/aromatic N) is 8. The van der Waals surface area contributed by atoms with E-state index in [4.69, 9.17) is 39.5 Å². The summed E-state index contributed by atoms with van der Waals surface area (Å²) in [5, 5.41) is 4.54. The molecule has 0 atom stereocenters. The van der Waals surface area contributed by atoms with Crippen LogP contribution in [-0.4, -0.2) is 75.0 Å². The smallest absolute Gasteiger partial charge is 0.355 e. The molecule has 0 aliphatic carbocycles. The van der Waals surface area contributed by atoms with Crippen molar-refractivity contribution in [3.05, 3.63) is 203 Å². The molecular weight excluding hydrogens is 1010 g/mol. The van der Waals surface area contributed by atoms with Crippen LogP contribution in [0, 0.1) is 19.7 Å². The second-order valence-electron chi connectivity index (χ2n) is 15.5. The maximum absolute atomic E-state index is 14.4. The largest absolute Gasteiger partial charge is 0.488 e. The number of methoxy groups -OCH3 is 2. The number of ether oxygens (including phenoxy) is 3. The predicted octanol–water partition coefficient (Wildman–Crippen LogP) is 4.48. The van der Waals surface area contributed by atoms with Crippen molar-refractivity contribution in [2.24, 2.45) is 0 Å². The first-order valence-corrected chi connectivity index (χ1v) is 22.5. The number of H-pyrrole nitrogens is 1. The Morgan fingerprint density at radius 2 is 1.04 bits per heavy atom. The summed E-state index contributed by atoms with van der Waals surface area (Å²) in [6.45, 7) is 6.22. The van der Waals surface area contributed by atoms with Crippen LogP contribution >= 0.6 is 34.8 Å². The minimum atomic E-state index is -0.958. The number of aromatic amines is 1. The van der Waals surface area contributed by atoms with Gasteiger partial charge >= 0.3 is 46.1 Å². The molecule has 3 aromatic heterocycles. The van der Waals surface area contributed by atoms with Crippen LogP contribution in [-0.2, 0) is 51.8 Å². The fourth-order valence-electron chi connectivity index (χ4n) is 6.33. The number of carbonyl (C=O) groups excluding carboxylic acids is 2. The van der Waals surface area contributed by atoms with E-state index in [1.165, 1.54) is 28.4 Å². The van der Waals surface area contributed by atoms with E-state index in [1.54, 1.807) is 88.4 Å². The Bertz CT molecular complexity index is 3430. The molecule has 7 aromatic rings. The van der Waals surface area contributed by atoms with Gasteiger partial charge in [-0.1, -0.05) is 71.2 Å². The lowest BCUT2D eigenvalue weighted by Gasteiger charge is -2.16. The minimum absolute atomic E-state index is 0.00378. The number of halogens is 4. The molecule has 3 heterocycles. The highest BCUT2D eigenvalue weighted by Crippen LogP contribution is 2.24. The third-order valence-electron chi connectivity index (χ3n) is 9.95. The third-order valence-corrected chi connectivity index (χ3v) is 10.7. The number of aryl methyl sites for hydroxylation is 2. The van der Waals surface area contributed by atoms with E-state index < -0.39 is 65.0 Å². The van der Waals surface area contributed by atoms with Gasteiger partial charge in [0, 0.05) is 26.8 Å². The Kier molecular flexibility index (Phi) is 19.3. The van der Waals surface area contributed by atoms with Crippen LogP contribution in [0.2, 0.25) is 15.1 Å². The molecule has 0 aliphatic rings. The molecule has 0 saturated carbocycles. The zero-order valence-electron chi connectivity index (χ0n) is 39.4. The van der Waals surface area contributed by atoms with Crippen molar-refractivity contribution in [1.82, 2.24) is 42.8 Å². The summed E-state index contributed by atoms with van der Waals surface area (Å²) in [5.74, 6) is -1.51. The molecule has 25 heteroatoms. The number of nitrogens with one attached hydrogen (secondary N) is 2. The maximum Gasteiger partial charge on any atom is 0.355 e. The van der Waals surface area contributed by atoms with Gasteiger partial charge in [-0.15, -0.1) is 0 Å². The van der Waals surface area contributed by atoms with Gasteiger partial charge in [0.15, 0.2) is 11.6 Å². The molecular formula is C47H46Cl3FN10O11. The van der Waals surface area contributed by atoms with Crippen LogP contribution in [0.1, 0.15) is 42.2 Å². The second-order valence-corrected chi connectivity index (χ2v) is 16.8. The molecule has 0 amide bonds. The van der Waals surface area contributed by atoms with Crippen LogP contribution in [0.15, 0.2) is 120 Å². The zero-order valence-corrected chi connectivity index (χ0v) is 41.6. The van der Waals surface area contributed by atoms with Crippen LogP contribution in [0.25, 0.3) is 0 Å². The number of carbonyl (C=O) groups is 2. The quantitative estimate of drug-likeness (QED) is 0.142. The number of benzene rings is 4. The topological polar surface area (TPSA) is 255 Å². The Labute approximate surface area is 422 Å². The van der Waals surface area contributed by atoms with Gasteiger partial charge in [0.25, 0.3) is 0 Å². The fraction of sp³-hybridized carbons (Fsp3) is 0.255. The van der Waals surface area contributed by atoms with Gasteiger partial charge in [-0.3, -0.25) is 28.3 Å². The van der Waals surface area contributed by atoms with E-state index >= 15 is 0 Å². The average molecular weight is 1050 g/mol. The lowest BCUT2D eigenvalue weighted by atomic mass is 10.2. The number of hydrogen-bond donors (Lipinski definition) is 2. The molecule has 7 rings (SSSR count). The van der Waals surface area contributed by atoms with Gasteiger partial charge in [0.1, 0.15) is 24.7 Å². The normalized spacial score (nSPS) is 10.7. The number of aromatic nitrogens is 9. The lowest BCUT2D eigenvalue weighted by Crippen LogP contribution is -2.44. The van der Waals surface area contributed by atoms with Crippen LogP contribution in [0.5, 0.6) is 5.75 Å². The summed E-state index contributed by atoms with van der Waals surface area (Å²) >= 11 is 17.5. The monoisotopic (exact) mass is 1050 g/mol. The molecule has 378 valence electrons. The van der Waals surface area contributed by atoms with Crippen LogP contribution < -0.4 is 44.2 Å². The summed E-state index contributed by atoms with van der Waals surface area (Å²) in [5.41, 5.74) is -1.57. The van der Waals surface area contributed by atoms with E-state index in [0.717, 1.165) is 33.4 Å². The van der Waals surface area contributed by atoms with Crippen molar-refractivity contribution >= 4 is 58.4 Å². The molecule has 4 aromatic carbocycles. The first kappa shape index (κ1) is 55.0. The van der Waals surface area contributed by atoms with Crippen LogP contribution in [0.3, 0.4) is 0 Å². The van der Waals surface area contributed by atoms with Gasteiger partial charge in [-0.05, 0) is 92.9 Å². The van der Waals surface area contributed by atoms with Crippen molar-refractivity contribution in [2.75, 3.05) is 19.5 Å². The lowest BCUT2D eigenvalue weighted by molar-refractivity contribution is -0.142. The molecule has 0 spiro atoms. The summed E-state index contributed by atoms with van der Waals surface area (Å²) in [4.78, 5) is 109. The zero-order chi connectivity index (χ0) is 52.8. The van der Waals surface area contributed by atoms with Gasteiger partial charge in [-0.25, -0.2) is 42.3 Å². The van der Waals surface area contributed by atoms with Gasteiger partial charge in [0.2, 0.25) is 5.95 Å². The molecule has 0 aliphatic heterocycles. The molecule has 0 saturated heterocycles. The van der Waals surface area contributed by atoms with E-state index in [9.17, 15) is 42.7 Å². The highest BCUT2D eigenvalue weighted by molar-refractivity contribution is 6.31. The van der Waals surface area contributed by atoms with E-state index in [2.05, 4.69) is 34.7 Å². The van der Waals surface area contributed by atoms with Crippen molar-refractivity contribution in [3.8, 4) is 5.75 Å². The summed E-state index contributed by atoms with van der Waals surface area (Å²) in [6, 6.07) is 24.9. The van der Waals surface area contributed by atoms with Gasteiger partial charge in [0.05, 0.1) is 40.0 Å². The second kappa shape index (κ2) is 25.3. The van der Waals surface area contributed by atoms with Crippen molar-refractivity contribution < 1.29 is 28.2 Å². The molecule has 2 N–H and O–H groups in total.